The van der Waals surface area contributed by atoms with Crippen LogP contribution in [-0.2, 0) is 9.59 Å². The SMILES string of the molecule is CCC(N)C(=O)Nc1ccc(N2CCCC2=O)cc1. The van der Waals surface area contributed by atoms with Gasteiger partial charge >= 0.3 is 0 Å². The smallest absolute Gasteiger partial charge is 0.241 e. The average Bonchev–Trinajstić information content (AvgIpc) is 2.85. The van der Waals surface area contributed by atoms with Crippen LogP contribution < -0.4 is 16.0 Å². The molecule has 1 saturated heterocycles. The minimum Gasteiger partial charge on any atom is -0.325 e. The maximum atomic E-state index is 11.6. The summed E-state index contributed by atoms with van der Waals surface area (Å²) in [5.41, 5.74) is 7.22. The summed E-state index contributed by atoms with van der Waals surface area (Å²) in [5.74, 6) is -0.0303. The van der Waals surface area contributed by atoms with Gasteiger partial charge in [-0.25, -0.2) is 0 Å². The summed E-state index contributed by atoms with van der Waals surface area (Å²) in [5, 5.41) is 2.75. The second-order valence-electron chi connectivity index (χ2n) is 4.70. The third kappa shape index (κ3) is 3.12. The summed E-state index contributed by atoms with van der Waals surface area (Å²) < 4.78 is 0. The molecular weight excluding hydrogens is 242 g/mol. The monoisotopic (exact) mass is 261 g/mol. The van der Waals surface area contributed by atoms with Gasteiger partial charge in [-0.15, -0.1) is 0 Å². The van der Waals surface area contributed by atoms with Crippen LogP contribution in [0.4, 0.5) is 11.4 Å². The fourth-order valence-corrected chi connectivity index (χ4v) is 2.07. The van der Waals surface area contributed by atoms with E-state index in [1.807, 2.05) is 19.1 Å². The van der Waals surface area contributed by atoms with Crippen molar-refractivity contribution in [1.82, 2.24) is 0 Å². The van der Waals surface area contributed by atoms with E-state index in [1.165, 1.54) is 0 Å². The van der Waals surface area contributed by atoms with Gasteiger partial charge in [0.05, 0.1) is 6.04 Å². The van der Waals surface area contributed by atoms with Gasteiger partial charge in [-0.05, 0) is 37.1 Å². The Hall–Kier alpha value is -1.88. The van der Waals surface area contributed by atoms with E-state index >= 15 is 0 Å². The molecule has 2 amide bonds. The van der Waals surface area contributed by atoms with Gasteiger partial charge < -0.3 is 16.0 Å². The van der Waals surface area contributed by atoms with E-state index < -0.39 is 6.04 Å². The molecule has 3 N–H and O–H groups in total. The first-order valence-electron chi connectivity index (χ1n) is 6.58. The number of nitrogens with two attached hydrogens (primary N) is 1. The van der Waals surface area contributed by atoms with Crippen LogP contribution in [0.2, 0.25) is 0 Å². The van der Waals surface area contributed by atoms with Crippen molar-refractivity contribution in [2.75, 3.05) is 16.8 Å². The molecule has 1 aliphatic rings. The molecule has 1 unspecified atom stereocenters. The van der Waals surface area contributed by atoms with Gasteiger partial charge in [0.1, 0.15) is 0 Å². The fraction of sp³-hybridized carbons (Fsp3) is 0.429. The Labute approximate surface area is 112 Å². The Morgan fingerprint density at radius 1 is 1.42 bits per heavy atom. The third-order valence-electron chi connectivity index (χ3n) is 3.30. The van der Waals surface area contributed by atoms with E-state index in [4.69, 9.17) is 5.73 Å². The first kappa shape index (κ1) is 13.5. The van der Waals surface area contributed by atoms with Crippen molar-refractivity contribution in [1.29, 1.82) is 0 Å². The van der Waals surface area contributed by atoms with Crippen molar-refractivity contribution in [2.45, 2.75) is 32.2 Å². The summed E-state index contributed by atoms with van der Waals surface area (Å²) in [6.07, 6.45) is 2.12. The lowest BCUT2D eigenvalue weighted by molar-refractivity contribution is -0.118. The number of hydrogen-bond acceptors (Lipinski definition) is 3. The molecular formula is C14H19N3O2. The number of carbonyl (C=O) groups is 2. The largest absolute Gasteiger partial charge is 0.325 e. The van der Waals surface area contributed by atoms with Crippen molar-refractivity contribution in [3.63, 3.8) is 0 Å². The topological polar surface area (TPSA) is 75.4 Å². The second-order valence-corrected chi connectivity index (χ2v) is 4.70. The third-order valence-corrected chi connectivity index (χ3v) is 3.30. The Morgan fingerprint density at radius 3 is 2.63 bits per heavy atom. The average molecular weight is 261 g/mol. The number of nitrogens with one attached hydrogen (secondary N) is 1. The van der Waals surface area contributed by atoms with E-state index in [2.05, 4.69) is 5.32 Å². The summed E-state index contributed by atoms with van der Waals surface area (Å²) in [7, 11) is 0. The molecule has 1 heterocycles. The molecule has 1 aromatic carbocycles. The van der Waals surface area contributed by atoms with Crippen molar-refractivity contribution >= 4 is 23.2 Å². The number of nitrogens with zero attached hydrogens (tertiary/aromatic N) is 1. The minimum atomic E-state index is -0.486. The second kappa shape index (κ2) is 5.84. The number of rotatable bonds is 4. The summed E-state index contributed by atoms with van der Waals surface area (Å²) in [6.45, 7) is 2.64. The standard InChI is InChI=1S/C14H19N3O2/c1-2-12(15)14(19)16-10-5-7-11(8-6-10)17-9-3-4-13(17)18/h5-8,12H,2-4,9,15H2,1H3,(H,16,19). The van der Waals surface area contributed by atoms with Gasteiger partial charge in [-0.3, -0.25) is 9.59 Å². The van der Waals surface area contributed by atoms with Gasteiger partial charge in [-0.1, -0.05) is 6.92 Å². The lowest BCUT2D eigenvalue weighted by atomic mass is 10.2. The first-order chi connectivity index (χ1) is 9.11. The Morgan fingerprint density at radius 2 is 2.11 bits per heavy atom. The number of anilines is 2. The van der Waals surface area contributed by atoms with Gasteiger partial charge in [0, 0.05) is 24.3 Å². The summed E-state index contributed by atoms with van der Waals surface area (Å²) in [4.78, 5) is 25.0. The summed E-state index contributed by atoms with van der Waals surface area (Å²) >= 11 is 0. The van der Waals surface area contributed by atoms with Crippen molar-refractivity contribution in [3.8, 4) is 0 Å². The molecule has 1 aromatic rings. The van der Waals surface area contributed by atoms with Crippen LogP contribution in [0.15, 0.2) is 24.3 Å². The van der Waals surface area contributed by atoms with Gasteiger partial charge in [0.15, 0.2) is 0 Å². The molecule has 1 atom stereocenters. The molecule has 2 rings (SSSR count). The van der Waals surface area contributed by atoms with Crippen LogP contribution >= 0.6 is 0 Å². The van der Waals surface area contributed by atoms with Gasteiger partial charge in [-0.2, -0.15) is 0 Å². The molecule has 1 fully saturated rings. The first-order valence-corrected chi connectivity index (χ1v) is 6.58. The molecule has 0 spiro atoms. The van der Waals surface area contributed by atoms with Gasteiger partial charge in [0.2, 0.25) is 11.8 Å². The number of carbonyl (C=O) groups excluding carboxylic acids is 2. The highest BCUT2D eigenvalue weighted by atomic mass is 16.2. The number of hydrogen-bond donors (Lipinski definition) is 2. The van der Waals surface area contributed by atoms with Crippen molar-refractivity contribution in [3.05, 3.63) is 24.3 Å². The summed E-state index contributed by atoms with van der Waals surface area (Å²) in [6, 6.07) is 6.79. The highest BCUT2D eigenvalue weighted by molar-refractivity contribution is 5.97. The molecule has 0 radical (unpaired) electrons. The highest BCUT2D eigenvalue weighted by Gasteiger charge is 2.21. The molecule has 0 bridgehead atoms. The molecule has 0 aromatic heterocycles. The number of benzene rings is 1. The molecule has 0 saturated carbocycles. The van der Waals surface area contributed by atoms with Crippen LogP contribution in [-0.4, -0.2) is 24.4 Å². The zero-order valence-corrected chi connectivity index (χ0v) is 11.1. The zero-order valence-electron chi connectivity index (χ0n) is 11.1. The zero-order chi connectivity index (χ0) is 13.8. The molecule has 0 aliphatic carbocycles. The Balaban J connectivity index is 2.02. The normalized spacial score (nSPS) is 16.5. The Kier molecular flexibility index (Phi) is 4.16. The maximum Gasteiger partial charge on any atom is 0.241 e. The number of amides is 2. The molecule has 5 nitrogen and oxygen atoms in total. The maximum absolute atomic E-state index is 11.6. The van der Waals surface area contributed by atoms with Crippen LogP contribution in [0, 0.1) is 0 Å². The van der Waals surface area contributed by atoms with E-state index in [9.17, 15) is 9.59 Å². The van der Waals surface area contributed by atoms with Gasteiger partial charge in [0.25, 0.3) is 0 Å². The van der Waals surface area contributed by atoms with Crippen molar-refractivity contribution < 1.29 is 9.59 Å². The van der Waals surface area contributed by atoms with E-state index in [-0.39, 0.29) is 11.8 Å². The Bertz CT molecular complexity index is 470. The fourth-order valence-electron chi connectivity index (χ4n) is 2.07. The van der Waals surface area contributed by atoms with E-state index in [0.717, 1.165) is 18.7 Å². The molecule has 19 heavy (non-hydrogen) atoms. The molecule has 5 heteroatoms. The lowest BCUT2D eigenvalue weighted by Gasteiger charge is -2.16. The predicted octanol–water partition coefficient (Wildman–Crippen LogP) is 1.49. The van der Waals surface area contributed by atoms with E-state index in [0.29, 0.717) is 18.5 Å². The van der Waals surface area contributed by atoms with Crippen LogP contribution in [0.1, 0.15) is 26.2 Å². The van der Waals surface area contributed by atoms with E-state index in [1.54, 1.807) is 17.0 Å². The van der Waals surface area contributed by atoms with Crippen LogP contribution in [0.25, 0.3) is 0 Å². The van der Waals surface area contributed by atoms with Crippen LogP contribution in [0.5, 0.6) is 0 Å². The van der Waals surface area contributed by atoms with Crippen LogP contribution in [0.3, 0.4) is 0 Å². The molecule has 102 valence electrons. The van der Waals surface area contributed by atoms with Crippen molar-refractivity contribution in [2.24, 2.45) is 5.73 Å². The molecule has 1 aliphatic heterocycles. The highest BCUT2D eigenvalue weighted by Crippen LogP contribution is 2.23. The lowest BCUT2D eigenvalue weighted by Crippen LogP contribution is -2.34. The predicted molar refractivity (Wildman–Crippen MR) is 74.9 cm³/mol. The quantitative estimate of drug-likeness (QED) is 0.862. The minimum absolute atomic E-state index is 0.157.